The standard InChI is InChI=1S/C23H24ClFN4O4/c1-31-20-13-19-16(23(27-14-26-19)28-15-3-4-18(25)17(24)11-15)12-21(20)32-9-2-6-29-7-5-22(30)33-10-8-29/h3-4,11-14H,2,5-10H2,1H3,(H,26,27,28). The van der Waals surface area contributed by atoms with Crippen molar-refractivity contribution in [3.05, 3.63) is 47.5 Å². The van der Waals surface area contributed by atoms with Crippen molar-refractivity contribution in [1.82, 2.24) is 14.9 Å². The zero-order chi connectivity index (χ0) is 23.2. The Hall–Kier alpha value is -3.17. The van der Waals surface area contributed by atoms with Crippen molar-refractivity contribution < 1.29 is 23.4 Å². The third kappa shape index (κ3) is 5.80. The summed E-state index contributed by atoms with van der Waals surface area (Å²) in [7, 11) is 1.57. The third-order valence-electron chi connectivity index (χ3n) is 5.28. The molecule has 1 aromatic heterocycles. The Bertz CT molecular complexity index is 1150. The molecule has 1 aliphatic rings. The number of cyclic esters (lactones) is 1. The van der Waals surface area contributed by atoms with Crippen LogP contribution in [0.25, 0.3) is 10.9 Å². The number of benzene rings is 2. The van der Waals surface area contributed by atoms with Gasteiger partial charge in [0.05, 0.1) is 30.7 Å². The largest absolute Gasteiger partial charge is 0.493 e. The number of halogens is 2. The van der Waals surface area contributed by atoms with E-state index in [1.165, 1.54) is 18.5 Å². The van der Waals surface area contributed by atoms with Gasteiger partial charge in [-0.15, -0.1) is 0 Å². The van der Waals surface area contributed by atoms with E-state index in [-0.39, 0.29) is 11.0 Å². The molecule has 0 radical (unpaired) electrons. The highest BCUT2D eigenvalue weighted by Crippen LogP contribution is 2.35. The second-order valence-electron chi connectivity index (χ2n) is 7.51. The molecule has 1 aliphatic heterocycles. The number of methoxy groups -OCH3 is 1. The first kappa shape index (κ1) is 23.0. The fraction of sp³-hybridized carbons (Fsp3) is 0.348. The van der Waals surface area contributed by atoms with E-state index in [1.807, 2.05) is 6.07 Å². The molecular formula is C23H24ClFN4O4. The molecule has 8 nitrogen and oxygen atoms in total. The molecule has 2 aromatic carbocycles. The molecule has 33 heavy (non-hydrogen) atoms. The van der Waals surface area contributed by atoms with Crippen LogP contribution in [0.15, 0.2) is 36.7 Å². The van der Waals surface area contributed by atoms with Gasteiger partial charge in [0.2, 0.25) is 0 Å². The summed E-state index contributed by atoms with van der Waals surface area (Å²) in [6, 6.07) is 7.97. The van der Waals surface area contributed by atoms with Crippen LogP contribution in [0.2, 0.25) is 5.02 Å². The van der Waals surface area contributed by atoms with Crippen molar-refractivity contribution in [2.24, 2.45) is 0 Å². The molecule has 4 rings (SSSR count). The van der Waals surface area contributed by atoms with Gasteiger partial charge in [-0.3, -0.25) is 9.69 Å². The SMILES string of the molecule is COc1cc2ncnc(Nc3ccc(F)c(Cl)c3)c2cc1OCCCN1CCOC(=O)CC1. The summed E-state index contributed by atoms with van der Waals surface area (Å²) in [5.41, 5.74) is 1.26. The Labute approximate surface area is 195 Å². The first-order valence-electron chi connectivity index (χ1n) is 10.6. The van der Waals surface area contributed by atoms with Crippen LogP contribution in [-0.2, 0) is 9.53 Å². The van der Waals surface area contributed by atoms with Crippen LogP contribution in [0.5, 0.6) is 11.5 Å². The summed E-state index contributed by atoms with van der Waals surface area (Å²) < 4.78 is 30.1. The average Bonchev–Trinajstić information content (AvgIpc) is 3.03. The number of nitrogens with one attached hydrogen (secondary N) is 1. The zero-order valence-electron chi connectivity index (χ0n) is 18.1. The Morgan fingerprint density at radius 3 is 2.91 bits per heavy atom. The van der Waals surface area contributed by atoms with E-state index in [4.69, 9.17) is 25.8 Å². The van der Waals surface area contributed by atoms with Crippen molar-refractivity contribution in [2.45, 2.75) is 12.8 Å². The van der Waals surface area contributed by atoms with Gasteiger partial charge < -0.3 is 19.5 Å². The van der Waals surface area contributed by atoms with E-state index in [9.17, 15) is 9.18 Å². The lowest BCUT2D eigenvalue weighted by Crippen LogP contribution is -2.28. The van der Waals surface area contributed by atoms with E-state index in [0.29, 0.717) is 54.7 Å². The maximum Gasteiger partial charge on any atom is 0.307 e. The summed E-state index contributed by atoms with van der Waals surface area (Å²) in [5.74, 6) is 1.02. The fourth-order valence-corrected chi connectivity index (χ4v) is 3.74. The Balaban J connectivity index is 1.47. The summed E-state index contributed by atoms with van der Waals surface area (Å²) in [6.45, 7) is 3.11. The van der Waals surface area contributed by atoms with Crippen molar-refractivity contribution in [3.8, 4) is 11.5 Å². The highest BCUT2D eigenvalue weighted by molar-refractivity contribution is 6.31. The number of fused-ring (bicyclic) bond motifs is 1. The number of anilines is 2. The Kier molecular flexibility index (Phi) is 7.41. The van der Waals surface area contributed by atoms with Crippen LogP contribution in [0.3, 0.4) is 0 Å². The van der Waals surface area contributed by atoms with Crippen LogP contribution in [-0.4, -0.2) is 60.8 Å². The van der Waals surface area contributed by atoms with Gasteiger partial charge >= 0.3 is 5.97 Å². The van der Waals surface area contributed by atoms with Crippen molar-refractivity contribution >= 4 is 40.0 Å². The summed E-state index contributed by atoms with van der Waals surface area (Å²) in [5, 5.41) is 3.89. The van der Waals surface area contributed by atoms with Crippen LogP contribution in [0.1, 0.15) is 12.8 Å². The smallest absolute Gasteiger partial charge is 0.307 e. The van der Waals surface area contributed by atoms with E-state index < -0.39 is 5.82 Å². The molecule has 0 spiro atoms. The highest BCUT2D eigenvalue weighted by atomic mass is 35.5. The van der Waals surface area contributed by atoms with E-state index in [1.54, 1.807) is 19.2 Å². The Morgan fingerprint density at radius 2 is 2.09 bits per heavy atom. The van der Waals surface area contributed by atoms with Crippen LogP contribution in [0.4, 0.5) is 15.9 Å². The quantitative estimate of drug-likeness (QED) is 0.384. The molecule has 1 fully saturated rings. The first-order chi connectivity index (χ1) is 16.0. The van der Waals surface area contributed by atoms with Gasteiger partial charge in [0, 0.05) is 36.8 Å². The van der Waals surface area contributed by atoms with Crippen molar-refractivity contribution in [1.29, 1.82) is 0 Å². The van der Waals surface area contributed by atoms with Crippen molar-refractivity contribution in [2.75, 3.05) is 45.3 Å². The van der Waals surface area contributed by atoms with Gasteiger partial charge in [-0.05, 0) is 30.7 Å². The molecule has 0 aliphatic carbocycles. The normalized spacial score (nSPS) is 14.6. The predicted molar refractivity (Wildman–Crippen MR) is 123 cm³/mol. The minimum atomic E-state index is -0.491. The van der Waals surface area contributed by atoms with Gasteiger partial charge in [0.25, 0.3) is 0 Å². The second-order valence-corrected chi connectivity index (χ2v) is 7.92. The van der Waals surface area contributed by atoms with Crippen LogP contribution < -0.4 is 14.8 Å². The minimum absolute atomic E-state index is 0.0180. The van der Waals surface area contributed by atoms with Gasteiger partial charge in [-0.1, -0.05) is 11.6 Å². The van der Waals surface area contributed by atoms with Gasteiger partial charge in [0.15, 0.2) is 11.5 Å². The molecule has 1 saturated heterocycles. The lowest BCUT2D eigenvalue weighted by atomic mass is 10.2. The number of hydrogen-bond acceptors (Lipinski definition) is 8. The number of aromatic nitrogens is 2. The molecule has 0 atom stereocenters. The molecular weight excluding hydrogens is 451 g/mol. The fourth-order valence-electron chi connectivity index (χ4n) is 3.56. The number of ether oxygens (including phenoxy) is 3. The number of rotatable bonds is 8. The molecule has 0 amide bonds. The molecule has 10 heteroatoms. The maximum absolute atomic E-state index is 13.5. The van der Waals surface area contributed by atoms with E-state index >= 15 is 0 Å². The van der Waals surface area contributed by atoms with E-state index in [2.05, 4.69) is 20.2 Å². The third-order valence-corrected chi connectivity index (χ3v) is 5.57. The number of esters is 1. The van der Waals surface area contributed by atoms with Crippen LogP contribution in [0, 0.1) is 5.82 Å². The van der Waals surface area contributed by atoms with E-state index in [0.717, 1.165) is 24.9 Å². The summed E-state index contributed by atoms with van der Waals surface area (Å²) in [6.07, 6.45) is 2.62. The highest BCUT2D eigenvalue weighted by Gasteiger charge is 2.15. The Morgan fingerprint density at radius 1 is 1.21 bits per heavy atom. The topological polar surface area (TPSA) is 85.8 Å². The summed E-state index contributed by atoms with van der Waals surface area (Å²) in [4.78, 5) is 22.2. The number of carbonyl (C=O) groups is 1. The number of hydrogen-bond donors (Lipinski definition) is 1. The minimum Gasteiger partial charge on any atom is -0.493 e. The lowest BCUT2D eigenvalue weighted by Gasteiger charge is -2.18. The predicted octanol–water partition coefficient (Wildman–Crippen LogP) is 4.19. The molecule has 0 unspecified atom stereocenters. The summed E-state index contributed by atoms with van der Waals surface area (Å²) >= 11 is 5.90. The molecule has 2 heterocycles. The number of carbonyl (C=O) groups excluding carboxylic acids is 1. The van der Waals surface area contributed by atoms with Crippen molar-refractivity contribution in [3.63, 3.8) is 0 Å². The molecule has 0 saturated carbocycles. The van der Waals surface area contributed by atoms with Gasteiger partial charge in [0.1, 0.15) is 24.6 Å². The van der Waals surface area contributed by atoms with Crippen LogP contribution >= 0.6 is 11.6 Å². The molecule has 174 valence electrons. The molecule has 1 N–H and O–H groups in total. The monoisotopic (exact) mass is 474 g/mol. The second kappa shape index (κ2) is 10.6. The average molecular weight is 475 g/mol. The lowest BCUT2D eigenvalue weighted by molar-refractivity contribution is -0.142. The molecule has 0 bridgehead atoms. The van der Waals surface area contributed by atoms with Gasteiger partial charge in [-0.2, -0.15) is 0 Å². The number of nitrogens with zero attached hydrogens (tertiary/aromatic N) is 3. The maximum atomic E-state index is 13.5. The first-order valence-corrected chi connectivity index (χ1v) is 11.0. The zero-order valence-corrected chi connectivity index (χ0v) is 18.9. The molecule has 3 aromatic rings. The van der Waals surface area contributed by atoms with Gasteiger partial charge in [-0.25, -0.2) is 14.4 Å².